The predicted octanol–water partition coefficient (Wildman–Crippen LogP) is 3.48. The molecule has 0 aromatic heterocycles. The largest absolute Gasteiger partial charge is 0.493 e. The maximum Gasteiger partial charge on any atom is 0.161 e. The molecule has 0 aliphatic carbocycles. The first-order valence-electron chi connectivity index (χ1n) is 8.89. The summed E-state index contributed by atoms with van der Waals surface area (Å²) in [4.78, 5) is 7.43. The first-order chi connectivity index (χ1) is 12.6. The summed E-state index contributed by atoms with van der Waals surface area (Å²) in [7, 11) is 5.45. The highest BCUT2D eigenvalue weighted by Crippen LogP contribution is 2.42. The van der Waals surface area contributed by atoms with Crippen molar-refractivity contribution in [2.45, 2.75) is 18.4 Å². The highest BCUT2D eigenvalue weighted by molar-refractivity contribution is 6.15. The van der Waals surface area contributed by atoms with Gasteiger partial charge in [-0.15, -0.1) is 0 Å². The Hall–Kier alpha value is -2.40. The first-order valence-corrected chi connectivity index (χ1v) is 8.89. The molecule has 136 valence electrons. The second-order valence-electron chi connectivity index (χ2n) is 7.00. The molecule has 0 N–H and O–H groups in total. The number of nitrogens with zero attached hydrogens (tertiary/aromatic N) is 2. The number of hydrogen-bond donors (Lipinski definition) is 0. The van der Waals surface area contributed by atoms with E-state index in [2.05, 4.69) is 18.0 Å². The topological polar surface area (TPSA) is 34.1 Å². The van der Waals surface area contributed by atoms with Crippen LogP contribution >= 0.6 is 0 Å². The summed E-state index contributed by atoms with van der Waals surface area (Å²) in [5.74, 6) is 1.50. The summed E-state index contributed by atoms with van der Waals surface area (Å²) in [6, 6.07) is 10.9. The summed E-state index contributed by atoms with van der Waals surface area (Å²) in [5, 5.41) is 0. The zero-order chi connectivity index (χ0) is 18.3. The lowest BCUT2D eigenvalue weighted by molar-refractivity contribution is 0.227. The summed E-state index contributed by atoms with van der Waals surface area (Å²) < 4.78 is 24.4. The number of likely N-dealkylation sites (tertiary alicyclic amines) is 1. The van der Waals surface area contributed by atoms with Crippen LogP contribution in [0.4, 0.5) is 4.39 Å². The van der Waals surface area contributed by atoms with Crippen molar-refractivity contribution in [3.63, 3.8) is 0 Å². The van der Waals surface area contributed by atoms with Crippen LogP contribution in [0, 0.1) is 5.82 Å². The highest BCUT2D eigenvalue weighted by atomic mass is 19.1. The Bertz CT molecular complexity index is 848. The fraction of sp³-hybridized carbons (Fsp3) is 0.381. The standard InChI is InChI=1S/C21H23FN2O2/c1-24-9-8-18-17(12-24)15-10-19(25-2)20(26-3)11-16(15)21(23-18)13-4-6-14(22)7-5-13/h4-7,10-11,17-18H,8-9,12H2,1-3H3/t17-,18-/m0/s1. The van der Waals surface area contributed by atoms with Gasteiger partial charge in [0.1, 0.15) is 5.82 Å². The van der Waals surface area contributed by atoms with E-state index in [0.29, 0.717) is 11.7 Å². The number of ether oxygens (including phenoxy) is 2. The highest BCUT2D eigenvalue weighted by Gasteiger charge is 2.36. The molecule has 26 heavy (non-hydrogen) atoms. The van der Waals surface area contributed by atoms with Crippen LogP contribution in [0.25, 0.3) is 0 Å². The van der Waals surface area contributed by atoms with E-state index >= 15 is 0 Å². The van der Waals surface area contributed by atoms with Crippen molar-refractivity contribution in [2.75, 3.05) is 34.4 Å². The number of benzene rings is 2. The Labute approximate surface area is 153 Å². The van der Waals surface area contributed by atoms with Gasteiger partial charge in [-0.05, 0) is 62.0 Å². The second-order valence-corrected chi connectivity index (χ2v) is 7.00. The molecule has 1 saturated heterocycles. The van der Waals surface area contributed by atoms with E-state index in [1.807, 2.05) is 6.07 Å². The van der Waals surface area contributed by atoms with E-state index in [1.54, 1.807) is 26.4 Å². The molecule has 2 aromatic carbocycles. The fourth-order valence-corrected chi connectivity index (χ4v) is 4.04. The van der Waals surface area contributed by atoms with E-state index in [4.69, 9.17) is 14.5 Å². The fourth-order valence-electron chi connectivity index (χ4n) is 4.04. The Balaban J connectivity index is 1.89. The third-order valence-electron chi connectivity index (χ3n) is 5.40. The monoisotopic (exact) mass is 354 g/mol. The SMILES string of the molecule is COc1cc2c(cc1OC)[C@@H]1CN(C)CC[C@@H]1N=C2c1ccc(F)cc1. The van der Waals surface area contributed by atoms with Gasteiger partial charge in [-0.3, -0.25) is 4.99 Å². The minimum atomic E-state index is -0.241. The number of methoxy groups -OCH3 is 2. The van der Waals surface area contributed by atoms with E-state index in [0.717, 1.165) is 42.1 Å². The number of rotatable bonds is 3. The normalized spacial score (nSPS) is 22.2. The number of aliphatic imine (C=N–C) groups is 1. The van der Waals surface area contributed by atoms with Crippen LogP contribution in [-0.4, -0.2) is 51.0 Å². The van der Waals surface area contributed by atoms with Gasteiger partial charge in [0.2, 0.25) is 0 Å². The molecule has 0 amide bonds. The van der Waals surface area contributed by atoms with Gasteiger partial charge in [0.25, 0.3) is 0 Å². The van der Waals surface area contributed by atoms with Gasteiger partial charge >= 0.3 is 0 Å². The molecular formula is C21H23FN2O2. The average molecular weight is 354 g/mol. The molecule has 2 atom stereocenters. The number of piperidine rings is 1. The molecule has 0 saturated carbocycles. The maximum atomic E-state index is 13.4. The lowest BCUT2D eigenvalue weighted by Gasteiger charge is -2.39. The van der Waals surface area contributed by atoms with Gasteiger partial charge in [-0.25, -0.2) is 4.39 Å². The second kappa shape index (κ2) is 6.72. The Morgan fingerprint density at radius 2 is 1.77 bits per heavy atom. The predicted molar refractivity (Wildman–Crippen MR) is 100 cm³/mol. The van der Waals surface area contributed by atoms with E-state index < -0.39 is 0 Å². The van der Waals surface area contributed by atoms with Crippen LogP contribution in [0.3, 0.4) is 0 Å². The summed E-state index contributed by atoms with van der Waals surface area (Å²) in [6.45, 7) is 2.00. The summed E-state index contributed by atoms with van der Waals surface area (Å²) >= 11 is 0. The summed E-state index contributed by atoms with van der Waals surface area (Å²) in [6.07, 6.45) is 1.01. The van der Waals surface area contributed by atoms with Gasteiger partial charge in [-0.2, -0.15) is 0 Å². The molecule has 2 aliphatic heterocycles. The minimum Gasteiger partial charge on any atom is -0.493 e. The van der Waals surface area contributed by atoms with Gasteiger partial charge in [-0.1, -0.05) is 0 Å². The van der Waals surface area contributed by atoms with Crippen molar-refractivity contribution in [2.24, 2.45) is 4.99 Å². The third-order valence-corrected chi connectivity index (χ3v) is 5.40. The molecule has 2 heterocycles. The summed E-state index contributed by atoms with van der Waals surface area (Å²) in [5.41, 5.74) is 4.11. The zero-order valence-electron chi connectivity index (χ0n) is 15.3. The van der Waals surface area contributed by atoms with Gasteiger partial charge in [0.05, 0.1) is 26.0 Å². The van der Waals surface area contributed by atoms with E-state index in [-0.39, 0.29) is 11.9 Å². The van der Waals surface area contributed by atoms with Gasteiger partial charge in [0.15, 0.2) is 11.5 Å². The van der Waals surface area contributed by atoms with Crippen LogP contribution < -0.4 is 9.47 Å². The van der Waals surface area contributed by atoms with Crippen molar-refractivity contribution in [3.8, 4) is 11.5 Å². The molecule has 0 unspecified atom stereocenters. The van der Waals surface area contributed by atoms with Crippen molar-refractivity contribution >= 4 is 5.71 Å². The molecule has 2 aliphatic rings. The Morgan fingerprint density at radius 3 is 2.46 bits per heavy atom. The third kappa shape index (κ3) is 2.86. The maximum absolute atomic E-state index is 13.4. The van der Waals surface area contributed by atoms with Gasteiger partial charge in [0, 0.05) is 23.6 Å². The van der Waals surface area contributed by atoms with Crippen molar-refractivity contribution in [1.29, 1.82) is 0 Å². The van der Waals surface area contributed by atoms with Crippen LogP contribution in [0.2, 0.25) is 0 Å². The molecule has 4 rings (SSSR count). The lowest BCUT2D eigenvalue weighted by Crippen LogP contribution is -2.41. The number of likely N-dealkylation sites (N-methyl/N-ethyl adjacent to an activating group) is 1. The first kappa shape index (κ1) is 17.0. The van der Waals surface area contributed by atoms with Crippen LogP contribution in [0.15, 0.2) is 41.4 Å². The van der Waals surface area contributed by atoms with E-state index in [1.165, 1.54) is 17.7 Å². The van der Waals surface area contributed by atoms with Gasteiger partial charge < -0.3 is 14.4 Å². The molecule has 4 nitrogen and oxygen atoms in total. The van der Waals surface area contributed by atoms with Crippen LogP contribution in [-0.2, 0) is 0 Å². The Morgan fingerprint density at radius 1 is 1.08 bits per heavy atom. The molecule has 5 heteroatoms. The number of halogens is 1. The van der Waals surface area contributed by atoms with Crippen molar-refractivity contribution in [1.82, 2.24) is 4.90 Å². The van der Waals surface area contributed by atoms with Crippen LogP contribution in [0.1, 0.15) is 29.0 Å². The smallest absolute Gasteiger partial charge is 0.161 e. The molecule has 0 bridgehead atoms. The Kier molecular flexibility index (Phi) is 4.41. The molecular weight excluding hydrogens is 331 g/mol. The molecule has 0 spiro atoms. The zero-order valence-corrected chi connectivity index (χ0v) is 15.3. The van der Waals surface area contributed by atoms with E-state index in [9.17, 15) is 4.39 Å². The molecule has 2 aromatic rings. The minimum absolute atomic E-state index is 0.233. The number of hydrogen-bond acceptors (Lipinski definition) is 4. The number of fused-ring (bicyclic) bond motifs is 3. The quantitative estimate of drug-likeness (QED) is 0.846. The van der Waals surface area contributed by atoms with Crippen molar-refractivity contribution in [3.05, 3.63) is 58.9 Å². The average Bonchev–Trinajstić information content (AvgIpc) is 2.67. The molecule has 0 radical (unpaired) electrons. The van der Waals surface area contributed by atoms with Crippen molar-refractivity contribution < 1.29 is 13.9 Å². The molecule has 1 fully saturated rings. The lowest BCUT2D eigenvalue weighted by atomic mass is 9.79. The van der Waals surface area contributed by atoms with Crippen LogP contribution in [0.5, 0.6) is 11.5 Å².